The molecule has 3 rings (SSSR count). The molecule has 0 bridgehead atoms. The summed E-state index contributed by atoms with van der Waals surface area (Å²) in [6.07, 6.45) is -5.41. The van der Waals surface area contributed by atoms with Crippen molar-refractivity contribution in [2.75, 3.05) is 0 Å². The van der Waals surface area contributed by atoms with Crippen molar-refractivity contribution in [1.29, 1.82) is 0 Å². The van der Waals surface area contributed by atoms with Gasteiger partial charge in [0.1, 0.15) is 0 Å². The topological polar surface area (TPSA) is 40.5 Å². The summed E-state index contributed by atoms with van der Waals surface area (Å²) in [7, 11) is 0. The Morgan fingerprint density at radius 1 is 0.963 bits per heavy atom. The Bertz CT molecular complexity index is 578. The van der Waals surface area contributed by atoms with Crippen LogP contribution in [0.1, 0.15) is 58.3 Å². The molecule has 0 heterocycles. The zero-order chi connectivity index (χ0) is 20.3. The minimum Gasteiger partial charge on any atom is -0.393 e. The zero-order valence-corrected chi connectivity index (χ0v) is 15.2. The van der Waals surface area contributed by atoms with Crippen LogP contribution in [0.3, 0.4) is 0 Å². The first-order valence-electron chi connectivity index (χ1n) is 9.48. The maximum absolute atomic E-state index is 12.8. The van der Waals surface area contributed by atoms with Crippen LogP contribution in [0, 0.1) is 22.7 Å². The number of allylic oxidation sites excluding steroid dienone is 1. The number of alkyl halides is 6. The zero-order valence-electron chi connectivity index (χ0n) is 15.2. The second-order valence-electron chi connectivity index (χ2n) is 8.93. The predicted octanol–water partition coefficient (Wildman–Crippen LogP) is 5.15. The van der Waals surface area contributed by atoms with Gasteiger partial charge in [-0.15, -0.1) is 0 Å². The van der Waals surface area contributed by atoms with Crippen molar-refractivity contribution in [2.45, 2.75) is 82.3 Å². The van der Waals surface area contributed by atoms with E-state index in [4.69, 9.17) is 0 Å². The van der Waals surface area contributed by atoms with Crippen LogP contribution in [-0.4, -0.2) is 34.3 Å². The van der Waals surface area contributed by atoms with Gasteiger partial charge in [-0.2, -0.15) is 26.3 Å². The Hall–Kier alpha value is -0.760. The largest absolute Gasteiger partial charge is 0.429 e. The van der Waals surface area contributed by atoms with Crippen LogP contribution in [-0.2, 0) is 0 Å². The molecule has 0 spiro atoms. The number of halogens is 6. The van der Waals surface area contributed by atoms with E-state index in [0.717, 1.165) is 51.0 Å². The quantitative estimate of drug-likeness (QED) is 0.506. The summed E-state index contributed by atoms with van der Waals surface area (Å²) in [6, 6.07) is 0. The number of hydrogen-bond donors (Lipinski definition) is 2. The lowest BCUT2D eigenvalue weighted by atomic mass is 9.60. The third-order valence-electron chi connectivity index (χ3n) is 7.47. The molecule has 2 N–H and O–H groups in total. The lowest BCUT2D eigenvalue weighted by molar-refractivity contribution is -0.347. The lowest BCUT2D eigenvalue weighted by Crippen LogP contribution is -2.55. The summed E-state index contributed by atoms with van der Waals surface area (Å²) >= 11 is 0. The van der Waals surface area contributed by atoms with Gasteiger partial charge >= 0.3 is 12.4 Å². The van der Waals surface area contributed by atoms with E-state index in [2.05, 4.69) is 6.92 Å². The number of aliphatic hydroxyl groups is 2. The molecule has 3 fully saturated rings. The molecule has 0 aliphatic heterocycles. The van der Waals surface area contributed by atoms with Crippen LogP contribution in [0.4, 0.5) is 26.3 Å². The van der Waals surface area contributed by atoms with Crippen molar-refractivity contribution in [3.05, 3.63) is 12.2 Å². The van der Waals surface area contributed by atoms with E-state index in [0.29, 0.717) is 0 Å². The lowest BCUT2D eigenvalue weighted by Gasteiger charge is -2.46. The third-order valence-corrected chi connectivity index (χ3v) is 7.47. The van der Waals surface area contributed by atoms with Gasteiger partial charge in [-0.25, -0.2) is 0 Å². The molecular formula is C19H26F6O2. The molecule has 0 saturated heterocycles. The Kier molecular flexibility index (Phi) is 4.95. The highest BCUT2D eigenvalue weighted by Gasteiger charge is 2.69. The van der Waals surface area contributed by atoms with Gasteiger partial charge in [-0.05, 0) is 73.7 Å². The molecule has 8 heteroatoms. The monoisotopic (exact) mass is 400 g/mol. The normalized spacial score (nSPS) is 36.9. The Morgan fingerprint density at radius 2 is 1.56 bits per heavy atom. The molecule has 3 aliphatic carbocycles. The van der Waals surface area contributed by atoms with E-state index in [-0.39, 0.29) is 41.3 Å². The van der Waals surface area contributed by atoms with Gasteiger partial charge in [0, 0.05) is 0 Å². The van der Waals surface area contributed by atoms with E-state index in [9.17, 15) is 36.6 Å². The van der Waals surface area contributed by atoms with Crippen LogP contribution in [0.25, 0.3) is 0 Å². The van der Waals surface area contributed by atoms with Crippen molar-refractivity contribution >= 4 is 0 Å². The van der Waals surface area contributed by atoms with E-state index in [1.54, 1.807) is 0 Å². The molecule has 4 atom stereocenters. The summed E-state index contributed by atoms with van der Waals surface area (Å²) in [5.74, 6) is 0.333. The number of hydrogen-bond acceptors (Lipinski definition) is 2. The highest BCUT2D eigenvalue weighted by Crippen LogP contribution is 2.69. The molecule has 0 aromatic carbocycles. The molecule has 3 aliphatic rings. The van der Waals surface area contributed by atoms with Gasteiger partial charge in [0.2, 0.25) is 0 Å². The molecular weight excluding hydrogens is 374 g/mol. The van der Waals surface area contributed by atoms with Crippen LogP contribution in [0.15, 0.2) is 12.2 Å². The molecule has 27 heavy (non-hydrogen) atoms. The van der Waals surface area contributed by atoms with Gasteiger partial charge in [-0.1, -0.05) is 19.4 Å². The van der Waals surface area contributed by atoms with Crippen LogP contribution >= 0.6 is 0 Å². The fourth-order valence-corrected chi connectivity index (χ4v) is 5.82. The van der Waals surface area contributed by atoms with E-state index in [1.165, 1.54) is 0 Å². The van der Waals surface area contributed by atoms with Crippen molar-refractivity contribution in [3.8, 4) is 0 Å². The molecule has 156 valence electrons. The Balaban J connectivity index is 1.77. The van der Waals surface area contributed by atoms with E-state index in [1.807, 2.05) is 0 Å². The first-order valence-corrected chi connectivity index (χ1v) is 9.48. The van der Waals surface area contributed by atoms with Gasteiger partial charge in [0.05, 0.1) is 6.10 Å². The van der Waals surface area contributed by atoms with E-state index >= 15 is 0 Å². The fourth-order valence-electron chi connectivity index (χ4n) is 5.82. The Labute approximate surface area is 154 Å². The maximum atomic E-state index is 12.8. The minimum atomic E-state index is -5.82. The summed E-state index contributed by atoms with van der Waals surface area (Å²) in [5.41, 5.74) is -5.25. The molecule has 0 amide bonds. The Morgan fingerprint density at radius 3 is 2.07 bits per heavy atom. The van der Waals surface area contributed by atoms with Crippen molar-refractivity contribution in [3.63, 3.8) is 0 Å². The minimum absolute atomic E-state index is 0.0878. The average molecular weight is 400 g/mol. The first kappa shape index (κ1) is 21.0. The summed E-state index contributed by atoms with van der Waals surface area (Å²) in [6.45, 7) is 2.11. The van der Waals surface area contributed by atoms with Crippen molar-refractivity contribution in [2.24, 2.45) is 22.7 Å². The molecule has 0 radical (unpaired) electrons. The molecule has 0 aromatic heterocycles. The number of aliphatic hydroxyl groups excluding tert-OH is 1. The van der Waals surface area contributed by atoms with Gasteiger partial charge in [-0.3, -0.25) is 0 Å². The molecule has 3 unspecified atom stereocenters. The first-order chi connectivity index (χ1) is 12.3. The highest BCUT2D eigenvalue weighted by atomic mass is 19.4. The summed E-state index contributed by atoms with van der Waals surface area (Å²) in [5, 5.41) is 19.6. The molecule has 2 nitrogen and oxygen atoms in total. The standard InChI is InChI=1S/C19H26F6O2/c1-15-7-2-4-13(26)12(15)5-6-14(15)16(10-11-16)8-3-9-17(27,18(20,21)22)19(23,24)25/h3,9,12-14,26-27H,2,4-8,10-11H2,1H3/b9-3+/t12?,13?,14-,15?/m0/s1. The van der Waals surface area contributed by atoms with Crippen LogP contribution in [0.2, 0.25) is 0 Å². The average Bonchev–Trinajstić information content (AvgIpc) is 3.19. The molecule has 3 saturated carbocycles. The van der Waals surface area contributed by atoms with Crippen LogP contribution < -0.4 is 0 Å². The summed E-state index contributed by atoms with van der Waals surface area (Å²) < 4.78 is 76.9. The number of fused-ring (bicyclic) bond motifs is 1. The summed E-state index contributed by atoms with van der Waals surface area (Å²) in [4.78, 5) is 0. The van der Waals surface area contributed by atoms with Crippen molar-refractivity contribution in [1.82, 2.24) is 0 Å². The molecule has 0 aromatic rings. The van der Waals surface area contributed by atoms with Crippen LogP contribution in [0.5, 0.6) is 0 Å². The maximum Gasteiger partial charge on any atom is 0.429 e. The smallest absolute Gasteiger partial charge is 0.393 e. The van der Waals surface area contributed by atoms with Gasteiger partial charge < -0.3 is 10.2 Å². The van der Waals surface area contributed by atoms with Crippen molar-refractivity contribution < 1.29 is 36.6 Å². The van der Waals surface area contributed by atoms with E-state index < -0.39 is 18.0 Å². The second kappa shape index (κ2) is 6.37. The van der Waals surface area contributed by atoms with Gasteiger partial charge in [0.15, 0.2) is 0 Å². The third kappa shape index (κ3) is 3.30. The number of rotatable bonds is 4. The predicted molar refractivity (Wildman–Crippen MR) is 86.7 cm³/mol. The van der Waals surface area contributed by atoms with Gasteiger partial charge in [0.25, 0.3) is 5.60 Å². The second-order valence-corrected chi connectivity index (χ2v) is 8.93. The highest BCUT2D eigenvalue weighted by molar-refractivity contribution is 5.16. The fraction of sp³-hybridized carbons (Fsp3) is 0.895. The SMILES string of the molecule is CC12CCCC(O)C1CC[C@@H]2C1(C/C=C/C(O)(C(F)(F)F)C(F)(F)F)CC1.